The van der Waals surface area contributed by atoms with Gasteiger partial charge in [0.05, 0.1) is 6.61 Å². The highest BCUT2D eigenvalue weighted by atomic mass is 19.2. The van der Waals surface area contributed by atoms with Crippen LogP contribution in [0.25, 0.3) is 0 Å². The quantitative estimate of drug-likeness (QED) is 0.503. The molecule has 30 heavy (non-hydrogen) atoms. The molecule has 0 aliphatic rings. The summed E-state index contributed by atoms with van der Waals surface area (Å²) in [5.41, 5.74) is -1.27. The van der Waals surface area contributed by atoms with Crippen LogP contribution < -0.4 is 5.32 Å². The van der Waals surface area contributed by atoms with Crippen LogP contribution in [0.2, 0.25) is 0 Å². The van der Waals surface area contributed by atoms with Gasteiger partial charge in [-0.25, -0.2) is 18.0 Å². The molecule has 0 fully saturated rings. The molecule has 2 amide bonds. The van der Waals surface area contributed by atoms with Crippen LogP contribution in [0.3, 0.4) is 0 Å². The van der Waals surface area contributed by atoms with E-state index in [9.17, 15) is 27.6 Å². The number of nitrogens with one attached hydrogen (secondary N) is 1. The van der Waals surface area contributed by atoms with Gasteiger partial charge in [0.15, 0.2) is 11.6 Å². The van der Waals surface area contributed by atoms with Gasteiger partial charge in [0.2, 0.25) is 5.91 Å². The third-order valence-corrected chi connectivity index (χ3v) is 3.76. The van der Waals surface area contributed by atoms with Crippen molar-refractivity contribution in [3.8, 4) is 0 Å². The first-order valence-electron chi connectivity index (χ1n) is 9.45. The summed E-state index contributed by atoms with van der Waals surface area (Å²) in [6.45, 7) is 6.92. The lowest BCUT2D eigenvalue weighted by molar-refractivity contribution is -0.150. The normalized spacial score (nSPS) is 12.1. The number of hydrogen-bond donors (Lipinski definition) is 1. The number of esters is 1. The molecule has 0 aliphatic carbocycles. The van der Waals surface area contributed by atoms with E-state index in [-0.39, 0.29) is 13.0 Å². The van der Waals surface area contributed by atoms with Crippen molar-refractivity contribution in [3.63, 3.8) is 0 Å². The second-order valence-electron chi connectivity index (χ2n) is 7.47. The fourth-order valence-corrected chi connectivity index (χ4v) is 2.51. The Balaban J connectivity index is 3.12. The monoisotopic (exact) mass is 432 g/mol. The van der Waals surface area contributed by atoms with Crippen molar-refractivity contribution in [2.45, 2.75) is 59.2 Å². The van der Waals surface area contributed by atoms with E-state index in [1.54, 1.807) is 34.6 Å². The molecule has 168 valence electrons. The Morgan fingerprint density at radius 2 is 1.77 bits per heavy atom. The number of carbonyl (C=O) groups is 3. The van der Waals surface area contributed by atoms with Crippen molar-refractivity contribution in [2.24, 2.45) is 0 Å². The van der Waals surface area contributed by atoms with Crippen LogP contribution in [0.15, 0.2) is 12.1 Å². The van der Waals surface area contributed by atoms with Crippen LogP contribution in [0.4, 0.5) is 18.0 Å². The third-order valence-electron chi connectivity index (χ3n) is 3.76. The zero-order valence-electron chi connectivity index (χ0n) is 17.7. The molecule has 0 spiro atoms. The maximum atomic E-state index is 14.1. The molecule has 0 unspecified atom stereocenters. The predicted octanol–water partition coefficient (Wildman–Crippen LogP) is 3.30. The highest BCUT2D eigenvalue weighted by molar-refractivity contribution is 5.88. The molecule has 0 saturated carbocycles. The first-order valence-corrected chi connectivity index (χ1v) is 9.45. The fourth-order valence-electron chi connectivity index (χ4n) is 2.51. The Morgan fingerprint density at radius 3 is 2.30 bits per heavy atom. The number of alkyl carbamates (subject to hydrolysis) is 1. The number of ether oxygens (including phenoxy) is 2. The molecule has 0 aromatic heterocycles. The van der Waals surface area contributed by atoms with E-state index >= 15 is 0 Å². The van der Waals surface area contributed by atoms with Crippen LogP contribution in [-0.2, 0) is 25.6 Å². The van der Waals surface area contributed by atoms with Gasteiger partial charge in [-0.05, 0) is 40.2 Å². The van der Waals surface area contributed by atoms with Crippen molar-refractivity contribution >= 4 is 18.0 Å². The van der Waals surface area contributed by atoms with Gasteiger partial charge in [-0.3, -0.25) is 9.59 Å². The lowest BCUT2D eigenvalue weighted by atomic mass is 10.1. The third kappa shape index (κ3) is 7.92. The largest absolute Gasteiger partial charge is 0.465 e. The average Bonchev–Trinajstić information content (AvgIpc) is 2.61. The number of rotatable bonds is 8. The molecule has 10 heteroatoms. The molecular formula is C20H27F3N2O5. The van der Waals surface area contributed by atoms with E-state index in [1.165, 1.54) is 0 Å². The van der Waals surface area contributed by atoms with E-state index in [0.29, 0.717) is 6.07 Å². The fraction of sp³-hybridized carbons (Fsp3) is 0.550. The highest BCUT2D eigenvalue weighted by Gasteiger charge is 2.29. The summed E-state index contributed by atoms with van der Waals surface area (Å²) in [5, 5.41) is 2.39. The summed E-state index contributed by atoms with van der Waals surface area (Å²) < 4.78 is 51.1. The lowest BCUT2D eigenvalue weighted by Gasteiger charge is -2.28. The molecule has 1 rings (SSSR count). The lowest BCUT2D eigenvalue weighted by Crippen LogP contribution is -2.50. The molecule has 1 aromatic carbocycles. The number of hydrogen-bond acceptors (Lipinski definition) is 5. The number of carbonyl (C=O) groups excluding carboxylic acids is 3. The van der Waals surface area contributed by atoms with Gasteiger partial charge in [0.1, 0.15) is 24.0 Å². The van der Waals surface area contributed by atoms with E-state index in [2.05, 4.69) is 5.32 Å². The van der Waals surface area contributed by atoms with Gasteiger partial charge in [0, 0.05) is 18.2 Å². The zero-order valence-corrected chi connectivity index (χ0v) is 17.7. The summed E-state index contributed by atoms with van der Waals surface area (Å²) in [7, 11) is 0. The second kappa shape index (κ2) is 10.8. The molecule has 0 saturated heterocycles. The van der Waals surface area contributed by atoms with Gasteiger partial charge in [0.25, 0.3) is 0 Å². The first kappa shape index (κ1) is 25.3. The van der Waals surface area contributed by atoms with Gasteiger partial charge in [-0.2, -0.15) is 0 Å². The Bertz CT molecular complexity index is 780. The van der Waals surface area contributed by atoms with Crippen LogP contribution >= 0.6 is 0 Å². The molecule has 1 aromatic rings. The smallest absolute Gasteiger partial charge is 0.408 e. The second-order valence-corrected chi connectivity index (χ2v) is 7.47. The number of amides is 2. The number of benzene rings is 1. The molecule has 0 heterocycles. The van der Waals surface area contributed by atoms with Crippen molar-refractivity contribution in [1.29, 1.82) is 0 Å². The minimum atomic E-state index is -1.42. The minimum Gasteiger partial charge on any atom is -0.465 e. The standard InChI is InChI=1S/C20H27F3N2O5/c1-6-15(24-19(28)30-20(3,4)5)18(27)25(11-16(26)29-7-2)10-12-8-13(21)9-14(22)17(12)23/h8-9,15H,6-7,10-11H2,1-5H3,(H,24,28)/t15-/m1/s1. The predicted molar refractivity (Wildman–Crippen MR) is 102 cm³/mol. The summed E-state index contributed by atoms with van der Waals surface area (Å²) >= 11 is 0. The zero-order chi connectivity index (χ0) is 23.1. The van der Waals surface area contributed by atoms with E-state index in [1.807, 2.05) is 0 Å². The molecule has 7 nitrogen and oxygen atoms in total. The van der Waals surface area contributed by atoms with Crippen molar-refractivity contribution in [1.82, 2.24) is 10.2 Å². The Labute approximate surface area is 173 Å². The summed E-state index contributed by atoms with van der Waals surface area (Å²) in [5.74, 6) is -5.36. The average molecular weight is 432 g/mol. The van der Waals surface area contributed by atoms with E-state index in [0.717, 1.165) is 11.0 Å². The van der Waals surface area contributed by atoms with Crippen molar-refractivity contribution in [3.05, 3.63) is 35.1 Å². The van der Waals surface area contributed by atoms with E-state index in [4.69, 9.17) is 9.47 Å². The van der Waals surface area contributed by atoms with Gasteiger partial charge in [-0.1, -0.05) is 6.92 Å². The van der Waals surface area contributed by atoms with E-state index < -0.39 is 65.7 Å². The molecule has 1 atom stereocenters. The SMILES string of the molecule is CCOC(=O)CN(Cc1cc(F)cc(F)c1F)C(=O)[C@@H](CC)NC(=O)OC(C)(C)C. The highest BCUT2D eigenvalue weighted by Crippen LogP contribution is 2.17. The van der Waals surface area contributed by atoms with Crippen LogP contribution in [0.1, 0.15) is 46.6 Å². The Kier molecular flexibility index (Phi) is 9.13. The molecule has 1 N–H and O–H groups in total. The first-order chi connectivity index (χ1) is 13.9. The van der Waals surface area contributed by atoms with Crippen molar-refractivity contribution < 1.29 is 37.0 Å². The Hall–Kier alpha value is -2.78. The van der Waals surface area contributed by atoms with Crippen molar-refractivity contribution in [2.75, 3.05) is 13.2 Å². The molecule has 0 radical (unpaired) electrons. The number of nitrogens with zero attached hydrogens (tertiary/aromatic N) is 1. The van der Waals surface area contributed by atoms with Crippen LogP contribution in [0, 0.1) is 17.5 Å². The minimum absolute atomic E-state index is 0.0389. The maximum Gasteiger partial charge on any atom is 0.408 e. The van der Waals surface area contributed by atoms with Gasteiger partial charge < -0.3 is 19.7 Å². The maximum absolute atomic E-state index is 14.1. The molecule has 0 bridgehead atoms. The summed E-state index contributed by atoms with van der Waals surface area (Å²) in [4.78, 5) is 37.7. The molecular weight excluding hydrogens is 405 g/mol. The van der Waals surface area contributed by atoms with Crippen LogP contribution in [-0.4, -0.2) is 47.7 Å². The summed E-state index contributed by atoms with van der Waals surface area (Å²) in [6.07, 6.45) is -0.737. The van der Waals surface area contributed by atoms with Gasteiger partial charge in [-0.15, -0.1) is 0 Å². The Morgan fingerprint density at radius 1 is 1.13 bits per heavy atom. The topological polar surface area (TPSA) is 84.9 Å². The molecule has 0 aliphatic heterocycles. The van der Waals surface area contributed by atoms with Gasteiger partial charge >= 0.3 is 12.1 Å². The van der Waals surface area contributed by atoms with Crippen LogP contribution in [0.5, 0.6) is 0 Å². The number of halogens is 3. The summed E-state index contributed by atoms with van der Waals surface area (Å²) in [6, 6.07) is -0.0165.